The lowest BCUT2D eigenvalue weighted by Gasteiger charge is -2.25. The lowest BCUT2D eigenvalue weighted by atomic mass is 10.1. The van der Waals surface area contributed by atoms with Gasteiger partial charge in [0.2, 0.25) is 0 Å². The summed E-state index contributed by atoms with van der Waals surface area (Å²) in [7, 11) is 0. The molecule has 0 bridgehead atoms. The van der Waals surface area contributed by atoms with Gasteiger partial charge in [0.15, 0.2) is 5.69 Å². The van der Waals surface area contributed by atoms with E-state index in [9.17, 15) is 4.79 Å². The van der Waals surface area contributed by atoms with Gasteiger partial charge in [0.1, 0.15) is 6.73 Å². The lowest BCUT2D eigenvalue weighted by molar-refractivity contribution is 0.0164. The fourth-order valence-corrected chi connectivity index (χ4v) is 4.39. The maximum absolute atomic E-state index is 12.9. The zero-order valence-electron chi connectivity index (χ0n) is 17.1. The minimum absolute atomic E-state index is 0.257. The molecule has 0 N–H and O–H groups in total. The van der Waals surface area contributed by atoms with Crippen LogP contribution in [0.15, 0.2) is 42.5 Å². The predicted octanol–water partition coefficient (Wildman–Crippen LogP) is 6.41. The third-order valence-electron chi connectivity index (χ3n) is 5.40. The van der Waals surface area contributed by atoms with Crippen molar-refractivity contribution in [2.45, 2.75) is 26.2 Å². The topological polar surface area (TPSA) is 47.4 Å². The first kappa shape index (κ1) is 22.2. The molecule has 1 fully saturated rings. The summed E-state index contributed by atoms with van der Waals surface area (Å²) in [6.07, 6.45) is 3.47. The molecule has 1 aromatic heterocycles. The first-order valence-corrected chi connectivity index (χ1v) is 11.3. The van der Waals surface area contributed by atoms with E-state index in [0.717, 1.165) is 37.2 Å². The molecule has 0 atom stereocenters. The molecule has 1 aliphatic rings. The fraction of sp³-hybridized carbons (Fsp3) is 0.304. The second-order valence-electron chi connectivity index (χ2n) is 7.58. The molecule has 0 spiro atoms. The minimum Gasteiger partial charge on any atom is -0.445 e. The van der Waals surface area contributed by atoms with Crippen molar-refractivity contribution in [2.24, 2.45) is 0 Å². The number of benzene rings is 2. The van der Waals surface area contributed by atoms with E-state index < -0.39 is 5.97 Å². The van der Waals surface area contributed by atoms with Crippen LogP contribution in [0.2, 0.25) is 15.1 Å². The van der Waals surface area contributed by atoms with Crippen LogP contribution in [0, 0.1) is 6.92 Å². The number of aromatic nitrogens is 2. The van der Waals surface area contributed by atoms with Crippen LogP contribution in [0.25, 0.3) is 16.9 Å². The summed E-state index contributed by atoms with van der Waals surface area (Å²) in [5.41, 5.74) is 3.18. The monoisotopic (exact) mass is 477 g/mol. The van der Waals surface area contributed by atoms with Gasteiger partial charge in [-0.05, 0) is 50.1 Å². The number of piperidine rings is 1. The maximum Gasteiger partial charge on any atom is 0.360 e. The summed E-state index contributed by atoms with van der Waals surface area (Å²) >= 11 is 18.6. The molecule has 0 amide bonds. The van der Waals surface area contributed by atoms with Crippen molar-refractivity contribution in [3.8, 4) is 16.9 Å². The van der Waals surface area contributed by atoms with E-state index in [1.54, 1.807) is 35.0 Å². The second-order valence-corrected chi connectivity index (χ2v) is 8.86. The molecule has 2 aromatic carbocycles. The molecule has 31 heavy (non-hydrogen) atoms. The molecule has 2 heterocycles. The molecule has 1 saturated heterocycles. The summed E-state index contributed by atoms with van der Waals surface area (Å²) in [5, 5.41) is 6.17. The van der Waals surface area contributed by atoms with Gasteiger partial charge in [-0.1, -0.05) is 53.4 Å². The number of ether oxygens (including phenoxy) is 1. The van der Waals surface area contributed by atoms with Crippen molar-refractivity contribution in [3.05, 3.63) is 68.8 Å². The van der Waals surface area contributed by atoms with Crippen LogP contribution in [0.3, 0.4) is 0 Å². The zero-order valence-corrected chi connectivity index (χ0v) is 19.3. The van der Waals surface area contributed by atoms with E-state index in [0.29, 0.717) is 26.3 Å². The Hall–Kier alpha value is -2.05. The third kappa shape index (κ3) is 4.90. The molecular weight excluding hydrogens is 457 g/mol. The standard InChI is InChI=1S/C23H22Cl3N3O2/c1-15-21(23(30)31-14-28-11-3-2-4-12-28)27-29(20-10-9-18(25)13-19(20)26)22(15)16-5-7-17(24)8-6-16/h5-10,13H,2-4,11-12,14H2,1H3. The van der Waals surface area contributed by atoms with Crippen LogP contribution in [0.4, 0.5) is 0 Å². The molecule has 0 aliphatic carbocycles. The van der Waals surface area contributed by atoms with E-state index in [1.807, 2.05) is 19.1 Å². The number of nitrogens with zero attached hydrogens (tertiary/aromatic N) is 3. The first-order chi connectivity index (χ1) is 14.9. The van der Waals surface area contributed by atoms with E-state index in [2.05, 4.69) is 10.00 Å². The number of carbonyl (C=O) groups excluding carboxylic acids is 1. The van der Waals surface area contributed by atoms with Crippen LogP contribution in [-0.4, -0.2) is 40.5 Å². The van der Waals surface area contributed by atoms with Crippen molar-refractivity contribution in [1.82, 2.24) is 14.7 Å². The summed E-state index contributed by atoms with van der Waals surface area (Å²) in [4.78, 5) is 15.1. The van der Waals surface area contributed by atoms with Crippen molar-refractivity contribution in [2.75, 3.05) is 19.8 Å². The number of halogens is 3. The van der Waals surface area contributed by atoms with Crippen molar-refractivity contribution in [1.29, 1.82) is 0 Å². The highest BCUT2D eigenvalue weighted by Gasteiger charge is 2.25. The number of hydrogen-bond acceptors (Lipinski definition) is 4. The second kappa shape index (κ2) is 9.61. The summed E-state index contributed by atoms with van der Waals surface area (Å²) in [6.45, 7) is 4.01. The van der Waals surface area contributed by atoms with Crippen LogP contribution in [0.5, 0.6) is 0 Å². The van der Waals surface area contributed by atoms with Crippen LogP contribution >= 0.6 is 34.8 Å². The van der Waals surface area contributed by atoms with Crippen LogP contribution < -0.4 is 0 Å². The van der Waals surface area contributed by atoms with Crippen molar-refractivity contribution in [3.63, 3.8) is 0 Å². The normalized spacial score (nSPS) is 14.6. The van der Waals surface area contributed by atoms with Gasteiger partial charge in [-0.3, -0.25) is 4.90 Å². The van der Waals surface area contributed by atoms with Gasteiger partial charge in [0.25, 0.3) is 0 Å². The molecule has 5 nitrogen and oxygen atoms in total. The summed E-state index contributed by atoms with van der Waals surface area (Å²) in [5.74, 6) is -0.456. The Balaban J connectivity index is 1.72. The zero-order chi connectivity index (χ0) is 22.0. The third-order valence-corrected chi connectivity index (χ3v) is 6.19. The largest absolute Gasteiger partial charge is 0.445 e. The summed E-state index contributed by atoms with van der Waals surface area (Å²) in [6, 6.07) is 12.5. The number of likely N-dealkylation sites (tertiary alicyclic amines) is 1. The minimum atomic E-state index is -0.456. The smallest absolute Gasteiger partial charge is 0.360 e. The van der Waals surface area contributed by atoms with Crippen molar-refractivity contribution < 1.29 is 9.53 Å². The SMILES string of the molecule is Cc1c(C(=O)OCN2CCCCC2)nn(-c2ccc(Cl)cc2Cl)c1-c1ccc(Cl)cc1. The Bertz CT molecular complexity index is 1090. The Labute approximate surface area is 196 Å². The van der Waals surface area contributed by atoms with E-state index in [-0.39, 0.29) is 12.4 Å². The number of hydrogen-bond donors (Lipinski definition) is 0. The molecule has 1 aliphatic heterocycles. The highest BCUT2D eigenvalue weighted by molar-refractivity contribution is 6.35. The number of rotatable bonds is 5. The predicted molar refractivity (Wildman–Crippen MR) is 124 cm³/mol. The molecule has 3 aromatic rings. The Kier molecular flexibility index (Phi) is 6.87. The van der Waals surface area contributed by atoms with Gasteiger partial charge < -0.3 is 4.74 Å². The van der Waals surface area contributed by atoms with E-state index in [1.165, 1.54) is 6.42 Å². The Morgan fingerprint density at radius 2 is 1.68 bits per heavy atom. The maximum atomic E-state index is 12.9. The van der Waals surface area contributed by atoms with Gasteiger partial charge in [-0.15, -0.1) is 0 Å². The van der Waals surface area contributed by atoms with Crippen LogP contribution in [0.1, 0.15) is 35.3 Å². The van der Waals surface area contributed by atoms with Gasteiger partial charge in [0, 0.05) is 34.3 Å². The van der Waals surface area contributed by atoms with Gasteiger partial charge in [0.05, 0.1) is 16.4 Å². The van der Waals surface area contributed by atoms with Crippen LogP contribution in [-0.2, 0) is 4.74 Å². The van der Waals surface area contributed by atoms with Gasteiger partial charge >= 0.3 is 5.97 Å². The Morgan fingerprint density at radius 3 is 2.35 bits per heavy atom. The fourth-order valence-electron chi connectivity index (χ4n) is 3.77. The lowest BCUT2D eigenvalue weighted by Crippen LogP contribution is -2.33. The molecule has 0 radical (unpaired) electrons. The average molecular weight is 479 g/mol. The number of carbonyl (C=O) groups is 1. The van der Waals surface area contributed by atoms with Crippen molar-refractivity contribution >= 4 is 40.8 Å². The van der Waals surface area contributed by atoms with E-state index in [4.69, 9.17) is 39.5 Å². The molecule has 162 valence electrons. The highest BCUT2D eigenvalue weighted by atomic mass is 35.5. The number of esters is 1. The molecular formula is C23H22Cl3N3O2. The van der Waals surface area contributed by atoms with E-state index >= 15 is 0 Å². The molecule has 4 rings (SSSR count). The molecule has 8 heteroatoms. The molecule has 0 saturated carbocycles. The molecule has 0 unspecified atom stereocenters. The quantitative estimate of drug-likeness (QED) is 0.398. The highest BCUT2D eigenvalue weighted by Crippen LogP contribution is 2.33. The van der Waals surface area contributed by atoms with Gasteiger partial charge in [-0.2, -0.15) is 5.10 Å². The Morgan fingerprint density at radius 1 is 1.00 bits per heavy atom. The first-order valence-electron chi connectivity index (χ1n) is 10.1. The summed E-state index contributed by atoms with van der Waals surface area (Å²) < 4.78 is 7.25. The van der Waals surface area contributed by atoms with Gasteiger partial charge in [-0.25, -0.2) is 9.48 Å². The average Bonchev–Trinajstić information content (AvgIpc) is 3.10.